The molecule has 0 aromatic heterocycles. The second-order valence-electron chi connectivity index (χ2n) is 3.46. The van der Waals surface area contributed by atoms with Crippen LogP contribution in [0.4, 0.5) is 0 Å². The van der Waals surface area contributed by atoms with Crippen LogP contribution in [-0.2, 0) is 0 Å². The summed E-state index contributed by atoms with van der Waals surface area (Å²) >= 11 is 0. The zero-order valence-electron chi connectivity index (χ0n) is 6.52. The van der Waals surface area contributed by atoms with Gasteiger partial charge in [0.2, 0.25) is 0 Å². The van der Waals surface area contributed by atoms with Crippen LogP contribution in [0.15, 0.2) is 0 Å². The van der Waals surface area contributed by atoms with E-state index in [1.807, 2.05) is 14.1 Å². The van der Waals surface area contributed by atoms with Gasteiger partial charge in [-0.3, -0.25) is 0 Å². The van der Waals surface area contributed by atoms with Gasteiger partial charge < -0.3 is 0 Å². The molecule has 0 aromatic rings. The lowest BCUT2D eigenvalue weighted by atomic mass is 9.99. The van der Waals surface area contributed by atoms with Crippen LogP contribution in [0, 0.1) is 5.41 Å². The van der Waals surface area contributed by atoms with Gasteiger partial charge in [-0.1, -0.05) is 20.8 Å². The summed E-state index contributed by atoms with van der Waals surface area (Å²) in [5.41, 5.74) is 0.323. The van der Waals surface area contributed by atoms with Gasteiger partial charge in [0, 0.05) is 5.41 Å². The third-order valence-electron chi connectivity index (χ3n) is 0.645. The van der Waals surface area contributed by atoms with Crippen molar-refractivity contribution in [1.29, 1.82) is 0 Å². The minimum atomic E-state index is 0.323. The van der Waals surface area contributed by atoms with Gasteiger partial charge in [0.25, 0.3) is 0 Å². The predicted octanol–water partition coefficient (Wildman–Crippen LogP) is 1.38. The van der Waals surface area contributed by atoms with Crippen molar-refractivity contribution in [2.24, 2.45) is 5.41 Å². The van der Waals surface area contributed by atoms with Gasteiger partial charge in [0.15, 0.2) is 0 Å². The Morgan fingerprint density at radius 1 is 1.12 bits per heavy atom. The molecule has 0 saturated heterocycles. The molecule has 1 nitrogen and oxygen atoms in total. The molecule has 0 aliphatic heterocycles. The smallest absolute Gasteiger partial charge is 0.144 e. The Balaban J connectivity index is 3.89. The molecule has 0 amide bonds. The average molecular weight is 114 g/mol. The van der Waals surface area contributed by atoms with Gasteiger partial charge in [-0.15, -0.1) is 0 Å². The van der Waals surface area contributed by atoms with Crippen molar-refractivity contribution in [2.45, 2.75) is 20.8 Å². The van der Waals surface area contributed by atoms with E-state index in [1.54, 1.807) is 0 Å². The fourth-order valence-corrected chi connectivity index (χ4v) is 0.775. The van der Waals surface area contributed by atoms with Crippen LogP contribution in [0.1, 0.15) is 20.8 Å². The van der Waals surface area contributed by atoms with E-state index in [2.05, 4.69) is 31.6 Å². The molecule has 1 heteroatoms. The van der Waals surface area contributed by atoms with Gasteiger partial charge in [0.1, 0.15) is 20.3 Å². The molecular weight excluding hydrogens is 98.1 g/mol. The fraction of sp³-hybridized carbons (Fsp3) is 0.857. The van der Waals surface area contributed by atoms with E-state index in [-0.39, 0.29) is 0 Å². The molecule has 0 unspecified atom stereocenters. The average Bonchev–Trinajstić information content (AvgIpc) is 1.21. The molecule has 0 aliphatic carbocycles. The monoisotopic (exact) mass is 114 g/mol. The molecule has 0 radical (unpaired) electrons. The molecule has 0 heterocycles. The second kappa shape index (κ2) is 2.29. The van der Waals surface area contributed by atoms with E-state index in [0.717, 1.165) is 0 Å². The van der Waals surface area contributed by atoms with E-state index >= 15 is 0 Å². The van der Waals surface area contributed by atoms with Crippen molar-refractivity contribution in [1.82, 2.24) is 0 Å². The van der Waals surface area contributed by atoms with E-state index in [9.17, 15) is 0 Å². The summed E-state index contributed by atoms with van der Waals surface area (Å²) in [6, 6.07) is 0. The maximum absolute atomic E-state index is 2.19. The number of rotatable bonds is 0. The van der Waals surface area contributed by atoms with E-state index < -0.39 is 0 Å². The van der Waals surface area contributed by atoms with Crippen LogP contribution in [0.2, 0.25) is 0 Å². The Labute approximate surface area is 52.0 Å². The largest absolute Gasteiger partial charge is 0.244 e. The highest BCUT2D eigenvalue weighted by Gasteiger charge is 2.09. The van der Waals surface area contributed by atoms with Crippen LogP contribution >= 0.6 is 0 Å². The maximum Gasteiger partial charge on any atom is 0.144 e. The van der Waals surface area contributed by atoms with Crippen LogP contribution in [-0.4, -0.2) is 24.9 Å². The first-order valence-corrected chi connectivity index (χ1v) is 2.94. The zero-order chi connectivity index (χ0) is 6.78. The second-order valence-corrected chi connectivity index (χ2v) is 3.46. The summed E-state index contributed by atoms with van der Waals surface area (Å²) in [7, 11) is 4.09. The van der Waals surface area contributed by atoms with Crippen LogP contribution in [0.5, 0.6) is 0 Å². The highest BCUT2D eigenvalue weighted by Crippen LogP contribution is 2.06. The number of nitrogens with zero attached hydrogens (tertiary/aromatic N) is 1. The number of hydrogen-bond donors (Lipinski definition) is 0. The molecule has 0 spiro atoms. The maximum atomic E-state index is 2.19. The molecule has 0 fully saturated rings. The summed E-state index contributed by atoms with van der Waals surface area (Å²) in [6.07, 6.45) is 2.19. The van der Waals surface area contributed by atoms with Crippen molar-refractivity contribution < 1.29 is 4.58 Å². The summed E-state index contributed by atoms with van der Waals surface area (Å²) in [5.74, 6) is 0. The first-order chi connectivity index (χ1) is 3.42. The third kappa shape index (κ3) is 5.67. The van der Waals surface area contributed by atoms with Crippen molar-refractivity contribution in [3.63, 3.8) is 0 Å². The van der Waals surface area contributed by atoms with Crippen molar-refractivity contribution in [2.75, 3.05) is 14.1 Å². The van der Waals surface area contributed by atoms with Gasteiger partial charge in [-0.05, 0) is 0 Å². The Bertz CT molecular complexity index is 91.4. The van der Waals surface area contributed by atoms with Gasteiger partial charge in [0.05, 0.1) is 0 Å². The molecular formula is C7H16N+. The predicted molar refractivity (Wildman–Crippen MR) is 37.6 cm³/mol. The Hall–Kier alpha value is -0.330. The quantitative estimate of drug-likeness (QED) is 0.330. The lowest BCUT2D eigenvalue weighted by Crippen LogP contribution is -2.14. The molecule has 0 N–H and O–H groups in total. The zero-order valence-corrected chi connectivity index (χ0v) is 6.52. The lowest BCUT2D eigenvalue weighted by Gasteiger charge is -2.06. The Morgan fingerprint density at radius 2 is 1.50 bits per heavy atom. The molecule has 0 rings (SSSR count). The normalized spacial score (nSPS) is 11.1. The minimum Gasteiger partial charge on any atom is -0.244 e. The van der Waals surface area contributed by atoms with E-state index in [4.69, 9.17) is 0 Å². The minimum absolute atomic E-state index is 0.323. The van der Waals surface area contributed by atoms with Gasteiger partial charge in [-0.2, -0.15) is 0 Å². The third-order valence-corrected chi connectivity index (χ3v) is 0.645. The van der Waals surface area contributed by atoms with E-state index in [0.29, 0.717) is 5.41 Å². The molecule has 0 aromatic carbocycles. The number of hydrogen-bond acceptors (Lipinski definition) is 0. The van der Waals surface area contributed by atoms with Crippen LogP contribution in [0.25, 0.3) is 0 Å². The van der Waals surface area contributed by atoms with Crippen molar-refractivity contribution in [3.05, 3.63) is 0 Å². The summed E-state index contributed by atoms with van der Waals surface area (Å²) in [6.45, 7) is 6.56. The lowest BCUT2D eigenvalue weighted by molar-refractivity contribution is -0.462. The molecule has 0 bridgehead atoms. The summed E-state index contributed by atoms with van der Waals surface area (Å²) in [5, 5.41) is 0. The fourth-order valence-electron chi connectivity index (χ4n) is 0.775. The van der Waals surface area contributed by atoms with E-state index in [1.165, 1.54) is 0 Å². The molecule has 0 atom stereocenters. The summed E-state index contributed by atoms with van der Waals surface area (Å²) < 4.78 is 2.08. The Morgan fingerprint density at radius 3 is 1.50 bits per heavy atom. The first-order valence-electron chi connectivity index (χ1n) is 2.94. The summed E-state index contributed by atoms with van der Waals surface area (Å²) in [4.78, 5) is 0. The van der Waals surface area contributed by atoms with Crippen LogP contribution < -0.4 is 0 Å². The highest BCUT2D eigenvalue weighted by molar-refractivity contribution is 5.58. The molecule has 0 aliphatic rings. The first kappa shape index (κ1) is 7.67. The van der Waals surface area contributed by atoms with Crippen molar-refractivity contribution in [3.8, 4) is 0 Å². The molecule has 0 saturated carbocycles. The highest BCUT2D eigenvalue weighted by atomic mass is 14.9. The standard InChI is InChI=1S/C7H16N/c1-7(2,3)6-8(4)5/h6H,1-5H3/q+1. The van der Waals surface area contributed by atoms with Crippen LogP contribution in [0.3, 0.4) is 0 Å². The molecule has 8 heavy (non-hydrogen) atoms. The topological polar surface area (TPSA) is 3.01 Å². The van der Waals surface area contributed by atoms with Gasteiger partial charge >= 0.3 is 0 Å². The SMILES string of the molecule is C[N+](C)=CC(C)(C)C. The molecule has 48 valence electrons. The van der Waals surface area contributed by atoms with Gasteiger partial charge in [-0.25, -0.2) is 4.58 Å². The van der Waals surface area contributed by atoms with Crippen molar-refractivity contribution >= 4 is 6.21 Å². The Kier molecular flexibility index (Phi) is 2.20.